The van der Waals surface area contributed by atoms with Gasteiger partial charge in [-0.1, -0.05) is 18.5 Å². The Morgan fingerprint density at radius 3 is 3.06 bits per heavy atom. The predicted octanol–water partition coefficient (Wildman–Crippen LogP) is 3.04. The van der Waals surface area contributed by atoms with Gasteiger partial charge in [0.05, 0.1) is 6.61 Å². The lowest BCUT2D eigenvalue weighted by atomic mass is 9.92. The third-order valence-electron chi connectivity index (χ3n) is 3.45. The summed E-state index contributed by atoms with van der Waals surface area (Å²) in [7, 11) is 0. The first-order chi connectivity index (χ1) is 8.70. The van der Waals surface area contributed by atoms with Gasteiger partial charge in [0.2, 0.25) is 0 Å². The van der Waals surface area contributed by atoms with Gasteiger partial charge in [-0.15, -0.1) is 0 Å². The molecule has 4 heteroatoms. The highest BCUT2D eigenvalue weighted by atomic mass is 35.5. The minimum absolute atomic E-state index is 0.229. The van der Waals surface area contributed by atoms with Crippen LogP contribution >= 0.6 is 11.6 Å². The van der Waals surface area contributed by atoms with Gasteiger partial charge < -0.3 is 10.1 Å². The largest absolute Gasteiger partial charge is 0.381 e. The molecule has 0 aromatic heterocycles. The van der Waals surface area contributed by atoms with Crippen molar-refractivity contribution < 1.29 is 9.13 Å². The molecule has 2 rings (SSSR count). The molecule has 2 atom stereocenters. The third kappa shape index (κ3) is 3.44. The van der Waals surface area contributed by atoms with E-state index < -0.39 is 0 Å². The number of likely N-dealkylation sites (N-methyl/N-ethyl adjacent to an activating group) is 1. The summed E-state index contributed by atoms with van der Waals surface area (Å²) in [6.07, 6.45) is 1.81. The quantitative estimate of drug-likeness (QED) is 0.889. The lowest BCUT2D eigenvalue weighted by Crippen LogP contribution is -2.38. The molecule has 1 aliphatic rings. The summed E-state index contributed by atoms with van der Waals surface area (Å²) in [5.41, 5.74) is 0.870. The van der Waals surface area contributed by atoms with Gasteiger partial charge in [-0.25, -0.2) is 4.39 Å². The maximum Gasteiger partial charge on any atom is 0.123 e. The molecule has 0 bridgehead atoms. The fraction of sp³-hybridized carbons (Fsp3) is 0.571. The highest BCUT2D eigenvalue weighted by Crippen LogP contribution is 2.24. The summed E-state index contributed by atoms with van der Waals surface area (Å²) >= 11 is 6.12. The average Bonchev–Trinajstić information content (AvgIpc) is 2.87. The molecule has 0 spiro atoms. The van der Waals surface area contributed by atoms with Crippen LogP contribution in [0.15, 0.2) is 18.2 Å². The molecule has 0 amide bonds. The van der Waals surface area contributed by atoms with Crippen LogP contribution in [0.5, 0.6) is 0 Å². The van der Waals surface area contributed by atoms with Gasteiger partial charge in [-0.2, -0.15) is 0 Å². The SMILES string of the molecule is CCNC(Cc1cc(F)ccc1Cl)C1CCOC1. The van der Waals surface area contributed by atoms with E-state index in [2.05, 4.69) is 12.2 Å². The summed E-state index contributed by atoms with van der Waals surface area (Å²) < 4.78 is 18.7. The van der Waals surface area contributed by atoms with Gasteiger partial charge in [0.25, 0.3) is 0 Å². The monoisotopic (exact) mass is 271 g/mol. The van der Waals surface area contributed by atoms with E-state index in [0.29, 0.717) is 17.0 Å². The first-order valence-electron chi connectivity index (χ1n) is 6.45. The van der Waals surface area contributed by atoms with Crippen LogP contribution in [0.1, 0.15) is 18.9 Å². The lowest BCUT2D eigenvalue weighted by molar-refractivity contribution is 0.176. The molecule has 0 saturated carbocycles. The van der Waals surface area contributed by atoms with Gasteiger partial charge in [0, 0.05) is 23.6 Å². The van der Waals surface area contributed by atoms with Crippen LogP contribution in [-0.4, -0.2) is 25.8 Å². The standard InChI is InChI=1S/C14H19ClFNO/c1-2-17-14(10-5-6-18-9-10)8-11-7-12(16)3-4-13(11)15/h3-4,7,10,14,17H,2,5-6,8-9H2,1H3. The molecular weight excluding hydrogens is 253 g/mol. The van der Waals surface area contributed by atoms with Crippen molar-refractivity contribution in [3.8, 4) is 0 Å². The fourth-order valence-corrected chi connectivity index (χ4v) is 2.67. The van der Waals surface area contributed by atoms with Crippen molar-refractivity contribution in [3.05, 3.63) is 34.6 Å². The molecule has 1 aliphatic heterocycles. The zero-order chi connectivity index (χ0) is 13.0. The molecule has 1 aromatic carbocycles. The number of hydrogen-bond acceptors (Lipinski definition) is 2. The molecule has 100 valence electrons. The Hall–Kier alpha value is -0.640. The van der Waals surface area contributed by atoms with E-state index in [9.17, 15) is 4.39 Å². The third-order valence-corrected chi connectivity index (χ3v) is 3.82. The molecule has 1 saturated heterocycles. The van der Waals surface area contributed by atoms with Crippen LogP contribution in [0.2, 0.25) is 5.02 Å². The van der Waals surface area contributed by atoms with Crippen LogP contribution in [0.4, 0.5) is 4.39 Å². The van der Waals surface area contributed by atoms with Crippen molar-refractivity contribution in [3.63, 3.8) is 0 Å². The first kappa shape index (κ1) is 13.8. The van der Waals surface area contributed by atoms with Crippen LogP contribution in [-0.2, 0) is 11.2 Å². The molecule has 2 nitrogen and oxygen atoms in total. The van der Waals surface area contributed by atoms with Gasteiger partial charge in [0.15, 0.2) is 0 Å². The second-order valence-corrected chi connectivity index (χ2v) is 5.13. The molecule has 1 fully saturated rings. The molecule has 18 heavy (non-hydrogen) atoms. The molecular formula is C14H19ClFNO. The average molecular weight is 272 g/mol. The van der Waals surface area contributed by atoms with Crippen molar-refractivity contribution in [1.29, 1.82) is 0 Å². The summed E-state index contributed by atoms with van der Waals surface area (Å²) in [5, 5.41) is 4.10. The second-order valence-electron chi connectivity index (χ2n) is 4.73. The Morgan fingerprint density at radius 1 is 1.56 bits per heavy atom. The predicted molar refractivity (Wildman–Crippen MR) is 71.5 cm³/mol. The van der Waals surface area contributed by atoms with E-state index in [4.69, 9.17) is 16.3 Å². The zero-order valence-electron chi connectivity index (χ0n) is 10.6. The summed E-state index contributed by atoms with van der Waals surface area (Å²) in [6, 6.07) is 4.85. The van der Waals surface area contributed by atoms with E-state index >= 15 is 0 Å². The van der Waals surface area contributed by atoms with Crippen LogP contribution < -0.4 is 5.32 Å². The van der Waals surface area contributed by atoms with Crippen LogP contribution in [0, 0.1) is 11.7 Å². The number of nitrogens with one attached hydrogen (secondary N) is 1. The normalized spacial score (nSPS) is 21.2. The molecule has 1 aromatic rings. The first-order valence-corrected chi connectivity index (χ1v) is 6.83. The van der Waals surface area contributed by atoms with Crippen LogP contribution in [0.3, 0.4) is 0 Å². The van der Waals surface area contributed by atoms with Crippen molar-refractivity contribution >= 4 is 11.6 Å². The maximum absolute atomic E-state index is 13.3. The van der Waals surface area contributed by atoms with Gasteiger partial charge in [-0.3, -0.25) is 0 Å². The number of benzene rings is 1. The number of halogens is 2. The number of ether oxygens (including phenoxy) is 1. The highest BCUT2D eigenvalue weighted by Gasteiger charge is 2.25. The molecule has 0 radical (unpaired) electrons. The van der Waals surface area contributed by atoms with Gasteiger partial charge in [0.1, 0.15) is 5.82 Å². The fourth-order valence-electron chi connectivity index (χ4n) is 2.47. The molecule has 0 aliphatic carbocycles. The van der Waals surface area contributed by atoms with Gasteiger partial charge in [-0.05, 0) is 43.1 Å². The summed E-state index contributed by atoms with van der Waals surface area (Å²) in [4.78, 5) is 0. The number of hydrogen-bond donors (Lipinski definition) is 1. The Bertz CT molecular complexity index is 393. The Morgan fingerprint density at radius 2 is 2.39 bits per heavy atom. The summed E-state index contributed by atoms with van der Waals surface area (Å²) in [5.74, 6) is 0.261. The Kier molecular flexibility index (Phi) is 4.98. The van der Waals surface area contributed by atoms with Crippen molar-refractivity contribution in [2.24, 2.45) is 5.92 Å². The second kappa shape index (κ2) is 6.50. The zero-order valence-corrected chi connectivity index (χ0v) is 11.3. The van der Waals surface area contributed by atoms with Crippen LogP contribution in [0.25, 0.3) is 0 Å². The molecule has 1 N–H and O–H groups in total. The van der Waals surface area contributed by atoms with Crippen molar-refractivity contribution in [2.75, 3.05) is 19.8 Å². The maximum atomic E-state index is 13.3. The topological polar surface area (TPSA) is 21.3 Å². The Labute approximate surface area is 112 Å². The number of rotatable bonds is 5. The van der Waals surface area contributed by atoms with Crippen molar-refractivity contribution in [1.82, 2.24) is 5.32 Å². The smallest absolute Gasteiger partial charge is 0.123 e. The van der Waals surface area contributed by atoms with E-state index in [1.54, 1.807) is 6.07 Å². The Balaban J connectivity index is 2.09. The minimum atomic E-state index is -0.229. The molecule has 1 heterocycles. The van der Waals surface area contributed by atoms with E-state index in [0.717, 1.165) is 38.2 Å². The highest BCUT2D eigenvalue weighted by molar-refractivity contribution is 6.31. The van der Waals surface area contributed by atoms with E-state index in [-0.39, 0.29) is 5.82 Å². The lowest BCUT2D eigenvalue weighted by Gasteiger charge is -2.23. The molecule has 2 unspecified atom stereocenters. The van der Waals surface area contributed by atoms with E-state index in [1.807, 2.05) is 0 Å². The van der Waals surface area contributed by atoms with Crippen molar-refractivity contribution in [2.45, 2.75) is 25.8 Å². The van der Waals surface area contributed by atoms with E-state index in [1.165, 1.54) is 12.1 Å². The minimum Gasteiger partial charge on any atom is -0.381 e. The summed E-state index contributed by atoms with van der Waals surface area (Å²) in [6.45, 7) is 4.58. The van der Waals surface area contributed by atoms with Gasteiger partial charge >= 0.3 is 0 Å².